The molecule has 0 aliphatic carbocycles. The lowest BCUT2D eigenvalue weighted by molar-refractivity contribution is 0.0188. The van der Waals surface area contributed by atoms with Gasteiger partial charge in [0.25, 0.3) is 0 Å². The molecule has 1 aliphatic rings. The summed E-state index contributed by atoms with van der Waals surface area (Å²) in [6.45, 7) is 6.27. The summed E-state index contributed by atoms with van der Waals surface area (Å²) in [6, 6.07) is 7.03. The molecule has 1 amide bonds. The lowest BCUT2D eigenvalue weighted by atomic mass is 10.2. The third-order valence-electron chi connectivity index (χ3n) is 5.31. The number of hydrogen-bond acceptors (Lipinski definition) is 7. The fourth-order valence-electron chi connectivity index (χ4n) is 3.81. The second kappa shape index (κ2) is 9.50. The number of ether oxygens (including phenoxy) is 2. The largest absolute Gasteiger partial charge is 0.508 e. The van der Waals surface area contributed by atoms with Gasteiger partial charge in [0.1, 0.15) is 41.7 Å². The maximum Gasteiger partial charge on any atom is 0.410 e. The average Bonchev–Trinajstić information content (AvgIpc) is 3.22. The molecule has 0 radical (unpaired) electrons. The molecule has 180 valence electrons. The predicted molar refractivity (Wildman–Crippen MR) is 127 cm³/mol. The molecule has 0 saturated carbocycles. The highest BCUT2D eigenvalue weighted by Crippen LogP contribution is 2.36. The molecular formula is C24H26ClFN4O4. The van der Waals surface area contributed by atoms with E-state index in [0.717, 1.165) is 12.8 Å². The van der Waals surface area contributed by atoms with Gasteiger partial charge in [-0.15, -0.1) is 0 Å². The number of aromatic nitrogens is 2. The van der Waals surface area contributed by atoms with E-state index < -0.39 is 11.4 Å². The fraction of sp³-hybridized carbons (Fsp3) is 0.375. The molecule has 3 aromatic rings. The van der Waals surface area contributed by atoms with Gasteiger partial charge in [-0.1, -0.05) is 11.6 Å². The summed E-state index contributed by atoms with van der Waals surface area (Å²) in [4.78, 5) is 22.8. The number of likely N-dealkylation sites (tertiary alicyclic amines) is 1. The number of halogens is 2. The number of amides is 1. The first-order chi connectivity index (χ1) is 16.1. The number of carbonyl (C=O) groups is 1. The van der Waals surface area contributed by atoms with Crippen molar-refractivity contribution in [2.75, 3.05) is 18.5 Å². The summed E-state index contributed by atoms with van der Waals surface area (Å²) in [5.74, 6) is 0.202. The van der Waals surface area contributed by atoms with Crippen LogP contribution >= 0.6 is 11.6 Å². The van der Waals surface area contributed by atoms with Gasteiger partial charge in [-0.3, -0.25) is 0 Å². The van der Waals surface area contributed by atoms with Crippen molar-refractivity contribution >= 4 is 40.1 Å². The summed E-state index contributed by atoms with van der Waals surface area (Å²) < 4.78 is 25.2. The Balaban J connectivity index is 1.59. The molecule has 8 nitrogen and oxygen atoms in total. The quantitative estimate of drug-likeness (QED) is 0.479. The molecule has 1 atom stereocenters. The first kappa shape index (κ1) is 23.8. The molecule has 0 bridgehead atoms. The molecule has 1 saturated heterocycles. The Kier molecular flexibility index (Phi) is 6.65. The number of anilines is 2. The van der Waals surface area contributed by atoms with Gasteiger partial charge in [-0.05, 0) is 51.8 Å². The Morgan fingerprint density at radius 1 is 1.29 bits per heavy atom. The van der Waals surface area contributed by atoms with Crippen LogP contribution in [0.3, 0.4) is 0 Å². The summed E-state index contributed by atoms with van der Waals surface area (Å²) in [5.41, 5.74) is 0.390. The Bertz CT molecular complexity index is 1220. The minimum atomic E-state index is -0.590. The van der Waals surface area contributed by atoms with Crippen LogP contribution in [0.4, 0.5) is 20.7 Å². The predicted octanol–water partition coefficient (Wildman–Crippen LogP) is 5.65. The van der Waals surface area contributed by atoms with Crippen molar-refractivity contribution in [3.63, 3.8) is 0 Å². The Labute approximate surface area is 201 Å². The third-order valence-corrected chi connectivity index (χ3v) is 5.59. The van der Waals surface area contributed by atoms with Crippen LogP contribution < -0.4 is 10.1 Å². The summed E-state index contributed by atoms with van der Waals surface area (Å²) >= 11 is 5.90. The van der Waals surface area contributed by atoms with Crippen molar-refractivity contribution in [3.05, 3.63) is 47.5 Å². The minimum Gasteiger partial charge on any atom is -0.508 e. The first-order valence-corrected chi connectivity index (χ1v) is 11.3. The summed E-state index contributed by atoms with van der Waals surface area (Å²) in [5, 5.41) is 13.8. The number of nitrogens with one attached hydrogen (secondary N) is 1. The molecule has 0 spiro atoms. The number of hydrogen-bond donors (Lipinski definition) is 2. The molecule has 2 aromatic carbocycles. The monoisotopic (exact) mass is 488 g/mol. The van der Waals surface area contributed by atoms with Crippen molar-refractivity contribution in [3.8, 4) is 11.5 Å². The van der Waals surface area contributed by atoms with E-state index in [9.17, 15) is 14.3 Å². The van der Waals surface area contributed by atoms with Crippen LogP contribution in [0.15, 0.2) is 36.7 Å². The molecule has 1 fully saturated rings. The number of fused-ring (bicyclic) bond motifs is 1. The van der Waals surface area contributed by atoms with E-state index >= 15 is 0 Å². The van der Waals surface area contributed by atoms with E-state index in [1.54, 1.807) is 4.90 Å². The second-order valence-corrected chi connectivity index (χ2v) is 9.50. The van der Waals surface area contributed by atoms with Gasteiger partial charge in [0.05, 0.1) is 22.0 Å². The zero-order chi connectivity index (χ0) is 24.5. The number of aromatic hydroxyl groups is 1. The van der Waals surface area contributed by atoms with E-state index in [4.69, 9.17) is 21.1 Å². The van der Waals surface area contributed by atoms with Crippen molar-refractivity contribution in [1.82, 2.24) is 14.9 Å². The van der Waals surface area contributed by atoms with Crippen LogP contribution in [-0.4, -0.2) is 50.9 Å². The van der Waals surface area contributed by atoms with Crippen molar-refractivity contribution in [1.29, 1.82) is 0 Å². The van der Waals surface area contributed by atoms with Gasteiger partial charge >= 0.3 is 6.09 Å². The van der Waals surface area contributed by atoms with Gasteiger partial charge in [0, 0.05) is 24.4 Å². The Morgan fingerprint density at radius 2 is 2.09 bits per heavy atom. The highest BCUT2D eigenvalue weighted by Gasteiger charge is 2.32. The van der Waals surface area contributed by atoms with Crippen LogP contribution in [0.1, 0.15) is 33.6 Å². The standard InChI is InChI=1S/C24H26ClFN4O4/c1-24(2,3)34-23(32)30-8-4-5-15(30)12-33-20-11-16(31)10-19-21(20)22(28-13-27-19)29-14-6-7-18(26)17(25)9-14/h6-7,9-11,13,15,31H,4-5,8,12H2,1-3H3,(H,27,28,29)/t15-/m1/s1. The average molecular weight is 489 g/mol. The SMILES string of the molecule is CC(C)(C)OC(=O)N1CCC[C@@H]1COc1cc(O)cc2ncnc(Nc3ccc(F)c(Cl)c3)c12. The molecular weight excluding hydrogens is 463 g/mol. The summed E-state index contributed by atoms with van der Waals surface area (Å²) in [7, 11) is 0. The highest BCUT2D eigenvalue weighted by atomic mass is 35.5. The van der Waals surface area contributed by atoms with E-state index in [2.05, 4.69) is 15.3 Å². The highest BCUT2D eigenvalue weighted by molar-refractivity contribution is 6.31. The molecule has 4 rings (SSSR count). The molecule has 0 unspecified atom stereocenters. The van der Waals surface area contributed by atoms with Crippen LogP contribution in [0.25, 0.3) is 10.9 Å². The molecule has 1 aliphatic heterocycles. The maximum absolute atomic E-state index is 13.6. The van der Waals surface area contributed by atoms with Crippen LogP contribution in [-0.2, 0) is 4.74 Å². The topological polar surface area (TPSA) is 96.8 Å². The number of nitrogens with zero attached hydrogens (tertiary/aromatic N) is 3. The second-order valence-electron chi connectivity index (χ2n) is 9.09. The van der Waals surface area contributed by atoms with Crippen LogP contribution in [0.2, 0.25) is 5.02 Å². The van der Waals surface area contributed by atoms with Crippen LogP contribution in [0.5, 0.6) is 11.5 Å². The lowest BCUT2D eigenvalue weighted by Crippen LogP contribution is -2.42. The molecule has 2 heterocycles. The van der Waals surface area contributed by atoms with Crippen molar-refractivity contribution < 1.29 is 23.8 Å². The molecule has 1 aromatic heterocycles. The number of phenols is 1. The smallest absolute Gasteiger partial charge is 0.410 e. The lowest BCUT2D eigenvalue weighted by Gasteiger charge is -2.28. The van der Waals surface area contributed by atoms with Gasteiger partial charge < -0.3 is 24.8 Å². The number of rotatable bonds is 5. The van der Waals surface area contributed by atoms with Gasteiger partial charge in [0.15, 0.2) is 0 Å². The zero-order valence-corrected chi connectivity index (χ0v) is 19.9. The normalized spacial score (nSPS) is 16.0. The van der Waals surface area contributed by atoms with Gasteiger partial charge in [-0.2, -0.15) is 0 Å². The Morgan fingerprint density at radius 3 is 2.82 bits per heavy atom. The van der Waals surface area contributed by atoms with E-state index in [0.29, 0.717) is 34.7 Å². The number of benzene rings is 2. The third kappa shape index (κ3) is 5.41. The van der Waals surface area contributed by atoms with Gasteiger partial charge in [-0.25, -0.2) is 19.2 Å². The number of carbonyl (C=O) groups excluding carboxylic acids is 1. The molecule has 34 heavy (non-hydrogen) atoms. The first-order valence-electron chi connectivity index (χ1n) is 10.9. The fourth-order valence-corrected chi connectivity index (χ4v) is 4.00. The van der Waals surface area contributed by atoms with Crippen molar-refractivity contribution in [2.45, 2.75) is 45.3 Å². The maximum atomic E-state index is 13.6. The Hall–Kier alpha value is -3.33. The number of phenolic OH excluding ortho intramolecular Hbond substituents is 1. The minimum absolute atomic E-state index is 0.0209. The van der Waals surface area contributed by atoms with Gasteiger partial charge in [0.2, 0.25) is 0 Å². The van der Waals surface area contributed by atoms with E-state index in [-0.39, 0.29) is 29.5 Å². The molecule has 2 N–H and O–H groups in total. The summed E-state index contributed by atoms with van der Waals surface area (Å²) in [6.07, 6.45) is 2.58. The van der Waals surface area contributed by atoms with E-state index in [1.165, 1.54) is 36.7 Å². The van der Waals surface area contributed by atoms with Crippen molar-refractivity contribution in [2.24, 2.45) is 0 Å². The van der Waals surface area contributed by atoms with Crippen LogP contribution in [0, 0.1) is 5.82 Å². The van der Waals surface area contributed by atoms with E-state index in [1.807, 2.05) is 20.8 Å². The zero-order valence-electron chi connectivity index (χ0n) is 19.1. The molecule has 10 heteroatoms.